The number of para-hydroxylation sites is 2. The fourth-order valence-electron chi connectivity index (χ4n) is 4.72. The van der Waals surface area contributed by atoms with Crippen LogP contribution in [0.25, 0.3) is 11.0 Å². The van der Waals surface area contributed by atoms with Crippen molar-refractivity contribution in [3.05, 3.63) is 65.7 Å². The summed E-state index contributed by atoms with van der Waals surface area (Å²) < 4.78 is 19.2. The molecule has 2 aliphatic rings. The number of benzene rings is 2. The Kier molecular flexibility index (Phi) is 5.38. The van der Waals surface area contributed by atoms with Gasteiger partial charge in [0.15, 0.2) is 6.10 Å². The molecule has 2 fully saturated rings. The number of aromatic amines is 1. The summed E-state index contributed by atoms with van der Waals surface area (Å²) in [6.07, 6.45) is 0.961. The zero-order valence-corrected chi connectivity index (χ0v) is 17.8. The number of imidazole rings is 1. The van der Waals surface area contributed by atoms with Gasteiger partial charge in [0.1, 0.15) is 18.2 Å². The van der Waals surface area contributed by atoms with Crippen LogP contribution < -0.4 is 0 Å². The van der Waals surface area contributed by atoms with E-state index in [1.54, 1.807) is 19.2 Å². The van der Waals surface area contributed by atoms with Gasteiger partial charge in [-0.3, -0.25) is 9.59 Å². The highest BCUT2D eigenvalue weighted by Crippen LogP contribution is 2.33. The number of H-pyrrole nitrogens is 1. The normalized spacial score (nSPS) is 24.2. The maximum Gasteiger partial charge on any atom is 0.254 e. The van der Waals surface area contributed by atoms with E-state index >= 15 is 0 Å². The first-order chi connectivity index (χ1) is 15.5. The number of likely N-dealkylation sites (tertiary alicyclic amines) is 1. The van der Waals surface area contributed by atoms with E-state index in [0.717, 1.165) is 29.7 Å². The quantitative estimate of drug-likeness (QED) is 0.685. The summed E-state index contributed by atoms with van der Waals surface area (Å²) in [6.45, 7) is 1.01. The third-order valence-corrected chi connectivity index (χ3v) is 6.47. The molecule has 0 bridgehead atoms. The van der Waals surface area contributed by atoms with Crippen LogP contribution in [-0.4, -0.2) is 64.4 Å². The van der Waals surface area contributed by atoms with E-state index in [9.17, 15) is 14.0 Å². The number of fused-ring (bicyclic) bond motifs is 1. The standard InChI is InChI=1S/C24H25FN4O3/c1-28-20(30)14-32-22(21(28)15-8-10-17(25)11-9-15)24(31)29-12-4-5-16(13-29)23-26-18-6-2-3-7-19(18)27-23/h2-3,6-11,16,21-22H,4-5,12-14H2,1H3,(H,26,27). The summed E-state index contributed by atoms with van der Waals surface area (Å²) >= 11 is 0. The monoisotopic (exact) mass is 436 g/mol. The van der Waals surface area contributed by atoms with E-state index in [4.69, 9.17) is 9.72 Å². The molecule has 1 aromatic heterocycles. The molecule has 0 aliphatic carbocycles. The number of likely N-dealkylation sites (N-methyl/N-ethyl adjacent to an activating group) is 1. The number of morpholine rings is 1. The van der Waals surface area contributed by atoms with Crippen molar-refractivity contribution in [2.75, 3.05) is 26.7 Å². The van der Waals surface area contributed by atoms with E-state index in [2.05, 4.69) is 4.98 Å². The number of aromatic nitrogens is 2. The molecule has 166 valence electrons. The smallest absolute Gasteiger partial charge is 0.254 e. The van der Waals surface area contributed by atoms with E-state index in [1.165, 1.54) is 17.0 Å². The summed E-state index contributed by atoms with van der Waals surface area (Å²) in [5.41, 5.74) is 2.57. The third kappa shape index (κ3) is 3.75. The molecule has 0 radical (unpaired) electrons. The fraction of sp³-hybridized carbons (Fsp3) is 0.375. The summed E-state index contributed by atoms with van der Waals surface area (Å²) in [4.78, 5) is 37.3. The topological polar surface area (TPSA) is 78.5 Å². The van der Waals surface area contributed by atoms with Gasteiger partial charge < -0.3 is 19.5 Å². The molecule has 2 aliphatic heterocycles. The van der Waals surface area contributed by atoms with Crippen LogP contribution >= 0.6 is 0 Å². The van der Waals surface area contributed by atoms with Gasteiger partial charge in [0.25, 0.3) is 5.91 Å². The van der Waals surface area contributed by atoms with E-state index < -0.39 is 12.1 Å². The maximum absolute atomic E-state index is 13.6. The molecule has 32 heavy (non-hydrogen) atoms. The molecular formula is C24H25FN4O3. The van der Waals surface area contributed by atoms with Gasteiger partial charge in [-0.1, -0.05) is 24.3 Å². The number of nitrogens with one attached hydrogen (secondary N) is 1. The van der Waals surface area contributed by atoms with Crippen molar-refractivity contribution in [3.8, 4) is 0 Å². The van der Waals surface area contributed by atoms with Gasteiger partial charge in [-0.05, 0) is 42.7 Å². The number of ether oxygens (including phenoxy) is 1. The van der Waals surface area contributed by atoms with Crippen LogP contribution in [0.3, 0.4) is 0 Å². The van der Waals surface area contributed by atoms with Crippen LogP contribution in [0.2, 0.25) is 0 Å². The highest BCUT2D eigenvalue weighted by atomic mass is 19.1. The Balaban J connectivity index is 1.38. The predicted molar refractivity (Wildman–Crippen MR) is 116 cm³/mol. The molecule has 3 heterocycles. The number of halogens is 1. The molecule has 2 aromatic carbocycles. The number of nitrogens with zero attached hydrogens (tertiary/aromatic N) is 3. The summed E-state index contributed by atoms with van der Waals surface area (Å²) in [5, 5.41) is 0. The number of piperidine rings is 1. The van der Waals surface area contributed by atoms with Crippen LogP contribution in [0, 0.1) is 5.82 Å². The van der Waals surface area contributed by atoms with E-state index in [-0.39, 0.29) is 30.2 Å². The van der Waals surface area contributed by atoms with Crippen molar-refractivity contribution in [3.63, 3.8) is 0 Å². The number of hydrogen-bond acceptors (Lipinski definition) is 4. The minimum atomic E-state index is -0.836. The van der Waals surface area contributed by atoms with Crippen molar-refractivity contribution in [1.29, 1.82) is 0 Å². The molecular weight excluding hydrogens is 411 g/mol. The summed E-state index contributed by atoms with van der Waals surface area (Å²) in [7, 11) is 1.66. The fourth-order valence-corrected chi connectivity index (χ4v) is 4.72. The average Bonchev–Trinajstić information content (AvgIpc) is 3.26. The van der Waals surface area contributed by atoms with E-state index in [1.807, 2.05) is 29.2 Å². The summed E-state index contributed by atoms with van der Waals surface area (Å²) in [5.74, 6) is 0.261. The second-order valence-corrected chi connectivity index (χ2v) is 8.50. The van der Waals surface area contributed by atoms with Gasteiger partial charge in [-0.25, -0.2) is 9.37 Å². The van der Waals surface area contributed by atoms with Crippen molar-refractivity contribution in [1.82, 2.24) is 19.8 Å². The molecule has 2 amide bonds. The number of rotatable bonds is 3. The van der Waals surface area contributed by atoms with Crippen LogP contribution in [-0.2, 0) is 14.3 Å². The third-order valence-electron chi connectivity index (χ3n) is 6.47. The predicted octanol–water partition coefficient (Wildman–Crippen LogP) is 3.01. The molecule has 7 nitrogen and oxygen atoms in total. The van der Waals surface area contributed by atoms with Gasteiger partial charge in [0.05, 0.1) is 17.1 Å². The molecule has 0 saturated carbocycles. The molecule has 3 unspecified atom stereocenters. The average molecular weight is 436 g/mol. The van der Waals surface area contributed by atoms with Gasteiger partial charge in [0, 0.05) is 26.1 Å². The maximum atomic E-state index is 13.6. The Bertz CT molecular complexity index is 1110. The Labute approximate surface area is 185 Å². The molecule has 1 N–H and O–H groups in total. The first-order valence-corrected chi connectivity index (χ1v) is 10.9. The van der Waals surface area contributed by atoms with Crippen molar-refractivity contribution >= 4 is 22.8 Å². The minimum absolute atomic E-state index is 0.104. The van der Waals surface area contributed by atoms with Gasteiger partial charge in [0.2, 0.25) is 5.91 Å². The number of hydrogen-bond donors (Lipinski definition) is 1. The Morgan fingerprint density at radius 1 is 1.19 bits per heavy atom. The highest BCUT2D eigenvalue weighted by Gasteiger charge is 2.42. The SMILES string of the molecule is CN1C(=O)COC(C(=O)N2CCCC(c3nc4ccccc4[nH]3)C2)C1c1ccc(F)cc1. The number of amides is 2. The molecule has 3 aromatic rings. The number of carbonyl (C=O) groups is 2. The molecule has 8 heteroatoms. The van der Waals surface area contributed by atoms with Crippen molar-refractivity contribution in [2.45, 2.75) is 30.9 Å². The lowest BCUT2D eigenvalue weighted by atomic mass is 9.94. The number of carbonyl (C=O) groups excluding carboxylic acids is 2. The van der Waals surface area contributed by atoms with Gasteiger partial charge in [-0.2, -0.15) is 0 Å². The first-order valence-electron chi connectivity index (χ1n) is 10.9. The Morgan fingerprint density at radius 3 is 2.75 bits per heavy atom. The lowest BCUT2D eigenvalue weighted by Gasteiger charge is -2.41. The highest BCUT2D eigenvalue weighted by molar-refractivity contribution is 5.86. The zero-order chi connectivity index (χ0) is 22.2. The van der Waals surface area contributed by atoms with Crippen LogP contribution in [0.4, 0.5) is 4.39 Å². The lowest BCUT2D eigenvalue weighted by molar-refractivity contribution is -0.168. The molecule has 3 atom stereocenters. The second kappa shape index (κ2) is 8.35. The Hall–Kier alpha value is -3.26. The molecule has 0 spiro atoms. The zero-order valence-electron chi connectivity index (χ0n) is 17.8. The first kappa shape index (κ1) is 20.6. The molecule has 2 saturated heterocycles. The molecule has 5 rings (SSSR count). The van der Waals surface area contributed by atoms with Crippen LogP contribution in [0.1, 0.15) is 36.2 Å². The lowest BCUT2D eigenvalue weighted by Crippen LogP contribution is -2.55. The van der Waals surface area contributed by atoms with E-state index in [0.29, 0.717) is 18.7 Å². The van der Waals surface area contributed by atoms with Crippen molar-refractivity contribution < 1.29 is 18.7 Å². The van der Waals surface area contributed by atoms with Gasteiger partial charge >= 0.3 is 0 Å². The van der Waals surface area contributed by atoms with Gasteiger partial charge in [-0.15, -0.1) is 0 Å². The Morgan fingerprint density at radius 2 is 1.97 bits per heavy atom. The summed E-state index contributed by atoms with van der Waals surface area (Å²) in [6, 6.07) is 13.2. The largest absolute Gasteiger partial charge is 0.356 e. The second-order valence-electron chi connectivity index (χ2n) is 8.50. The van der Waals surface area contributed by atoms with Crippen LogP contribution in [0.15, 0.2) is 48.5 Å². The van der Waals surface area contributed by atoms with Crippen LogP contribution in [0.5, 0.6) is 0 Å². The van der Waals surface area contributed by atoms with Crippen molar-refractivity contribution in [2.24, 2.45) is 0 Å². The minimum Gasteiger partial charge on any atom is -0.356 e.